The fourth-order valence-electron chi connectivity index (χ4n) is 2.75. The SMILES string of the molecule is Cc1sc(-n2cnnn2)c(C(=O)NCC2COc3ccccc3O2)c1C. The van der Waals surface area contributed by atoms with Crippen LogP contribution in [0.4, 0.5) is 0 Å². The van der Waals surface area contributed by atoms with Crippen LogP contribution in [0.25, 0.3) is 5.00 Å². The van der Waals surface area contributed by atoms with E-state index in [1.54, 1.807) is 0 Å². The highest BCUT2D eigenvalue weighted by Gasteiger charge is 2.25. The molecule has 3 heterocycles. The zero-order valence-corrected chi connectivity index (χ0v) is 15.1. The fraction of sp³-hybridized carbons (Fsp3) is 0.294. The zero-order chi connectivity index (χ0) is 18.1. The van der Waals surface area contributed by atoms with E-state index in [1.807, 2.05) is 38.1 Å². The highest BCUT2D eigenvalue weighted by Crippen LogP contribution is 2.31. The molecule has 4 rings (SSSR count). The monoisotopic (exact) mass is 371 g/mol. The quantitative estimate of drug-likeness (QED) is 0.753. The first kappa shape index (κ1) is 16.5. The lowest BCUT2D eigenvalue weighted by molar-refractivity contribution is 0.0789. The number of ether oxygens (including phenoxy) is 2. The average Bonchev–Trinajstić information content (AvgIpc) is 3.28. The molecule has 0 spiro atoms. The van der Waals surface area contributed by atoms with Crippen LogP contribution in [-0.2, 0) is 0 Å². The summed E-state index contributed by atoms with van der Waals surface area (Å²) in [5.74, 6) is 1.23. The van der Waals surface area contributed by atoms with Crippen LogP contribution in [0.2, 0.25) is 0 Å². The van der Waals surface area contributed by atoms with Crippen LogP contribution in [0.1, 0.15) is 20.8 Å². The molecule has 0 bridgehead atoms. The Balaban J connectivity index is 1.48. The van der Waals surface area contributed by atoms with Crippen LogP contribution in [0.15, 0.2) is 30.6 Å². The number of hydrogen-bond acceptors (Lipinski definition) is 7. The van der Waals surface area contributed by atoms with Gasteiger partial charge in [-0.2, -0.15) is 4.68 Å². The molecular weight excluding hydrogens is 354 g/mol. The molecule has 1 aliphatic heterocycles. The van der Waals surface area contributed by atoms with Gasteiger partial charge < -0.3 is 14.8 Å². The van der Waals surface area contributed by atoms with E-state index in [4.69, 9.17) is 9.47 Å². The number of para-hydroxylation sites is 2. The van der Waals surface area contributed by atoms with E-state index in [2.05, 4.69) is 20.8 Å². The van der Waals surface area contributed by atoms with Crippen molar-refractivity contribution >= 4 is 17.2 Å². The number of rotatable bonds is 4. The Hall–Kier alpha value is -2.94. The predicted octanol–water partition coefficient (Wildman–Crippen LogP) is 1.91. The van der Waals surface area contributed by atoms with Crippen LogP contribution in [0.5, 0.6) is 11.5 Å². The fourth-order valence-corrected chi connectivity index (χ4v) is 3.82. The van der Waals surface area contributed by atoms with Gasteiger partial charge in [0.05, 0.1) is 12.1 Å². The molecule has 1 N–H and O–H groups in total. The summed E-state index contributed by atoms with van der Waals surface area (Å²) in [6.07, 6.45) is 1.24. The molecule has 1 aromatic carbocycles. The number of carbonyl (C=O) groups is 1. The number of thiophene rings is 1. The van der Waals surface area contributed by atoms with Crippen LogP contribution in [0.3, 0.4) is 0 Å². The molecule has 1 aliphatic rings. The number of nitrogens with zero attached hydrogens (tertiary/aromatic N) is 4. The topological polar surface area (TPSA) is 91.2 Å². The molecule has 9 heteroatoms. The predicted molar refractivity (Wildman–Crippen MR) is 95.2 cm³/mol. The van der Waals surface area contributed by atoms with Gasteiger partial charge in [-0.05, 0) is 42.0 Å². The standard InChI is InChI=1S/C17H17N5O3S/c1-10-11(2)26-17(22-9-19-20-21-22)15(10)16(23)18-7-12-8-24-13-5-3-4-6-14(13)25-12/h3-6,9,12H,7-8H2,1-2H3,(H,18,23). The molecule has 8 nitrogen and oxygen atoms in total. The van der Waals surface area contributed by atoms with Crippen molar-refractivity contribution in [2.75, 3.05) is 13.2 Å². The maximum Gasteiger partial charge on any atom is 0.254 e. The third-order valence-electron chi connectivity index (χ3n) is 4.21. The van der Waals surface area contributed by atoms with Crippen molar-refractivity contribution in [1.29, 1.82) is 0 Å². The van der Waals surface area contributed by atoms with Crippen molar-refractivity contribution in [3.8, 4) is 16.5 Å². The summed E-state index contributed by atoms with van der Waals surface area (Å²) in [4.78, 5) is 13.8. The van der Waals surface area contributed by atoms with Crippen molar-refractivity contribution in [2.45, 2.75) is 20.0 Å². The van der Waals surface area contributed by atoms with E-state index in [1.165, 1.54) is 22.3 Å². The van der Waals surface area contributed by atoms with Gasteiger partial charge in [-0.15, -0.1) is 16.4 Å². The Bertz CT molecular complexity index is 938. The number of hydrogen-bond donors (Lipinski definition) is 1. The van der Waals surface area contributed by atoms with Gasteiger partial charge in [0.2, 0.25) is 0 Å². The summed E-state index contributed by atoms with van der Waals surface area (Å²) in [5.41, 5.74) is 1.50. The minimum Gasteiger partial charge on any atom is -0.486 e. The number of tetrazole rings is 1. The summed E-state index contributed by atoms with van der Waals surface area (Å²) in [5, 5.41) is 14.8. The van der Waals surface area contributed by atoms with Gasteiger partial charge in [-0.1, -0.05) is 12.1 Å². The lowest BCUT2D eigenvalue weighted by Crippen LogP contribution is -2.41. The maximum atomic E-state index is 12.8. The van der Waals surface area contributed by atoms with Crippen molar-refractivity contribution in [1.82, 2.24) is 25.5 Å². The number of aromatic nitrogens is 4. The Morgan fingerprint density at radius 1 is 1.35 bits per heavy atom. The van der Waals surface area contributed by atoms with Crippen molar-refractivity contribution < 1.29 is 14.3 Å². The highest BCUT2D eigenvalue weighted by atomic mass is 32.1. The lowest BCUT2D eigenvalue weighted by Gasteiger charge is -2.26. The molecule has 1 atom stereocenters. The second-order valence-electron chi connectivity index (χ2n) is 5.93. The molecule has 0 radical (unpaired) electrons. The van der Waals surface area contributed by atoms with E-state index < -0.39 is 0 Å². The van der Waals surface area contributed by atoms with Gasteiger partial charge in [0.15, 0.2) is 11.5 Å². The summed E-state index contributed by atoms with van der Waals surface area (Å²) >= 11 is 1.48. The largest absolute Gasteiger partial charge is 0.486 e. The van der Waals surface area contributed by atoms with Crippen LogP contribution in [-0.4, -0.2) is 45.4 Å². The minimum absolute atomic E-state index is 0.181. The first-order chi connectivity index (χ1) is 12.6. The number of nitrogens with one attached hydrogen (secondary N) is 1. The molecule has 3 aromatic rings. The summed E-state index contributed by atoms with van der Waals surface area (Å²) in [7, 11) is 0. The van der Waals surface area contributed by atoms with Crippen molar-refractivity contribution in [2.24, 2.45) is 0 Å². The van der Waals surface area contributed by atoms with Crippen molar-refractivity contribution in [3.63, 3.8) is 0 Å². The molecule has 26 heavy (non-hydrogen) atoms. The van der Waals surface area contributed by atoms with Gasteiger partial charge in [0.1, 0.15) is 24.0 Å². The van der Waals surface area contributed by atoms with Crippen molar-refractivity contribution in [3.05, 3.63) is 46.6 Å². The smallest absolute Gasteiger partial charge is 0.254 e. The molecule has 1 unspecified atom stereocenters. The number of aryl methyl sites for hydroxylation is 1. The first-order valence-electron chi connectivity index (χ1n) is 8.13. The van der Waals surface area contributed by atoms with Gasteiger partial charge in [-0.25, -0.2) is 0 Å². The van der Waals surface area contributed by atoms with Gasteiger partial charge in [-0.3, -0.25) is 4.79 Å². The van der Waals surface area contributed by atoms with Crippen LogP contribution in [0, 0.1) is 13.8 Å². The second-order valence-corrected chi connectivity index (χ2v) is 7.13. The Morgan fingerprint density at radius 3 is 2.92 bits per heavy atom. The van der Waals surface area contributed by atoms with Crippen LogP contribution < -0.4 is 14.8 Å². The van der Waals surface area contributed by atoms with Gasteiger partial charge >= 0.3 is 0 Å². The third kappa shape index (κ3) is 3.01. The summed E-state index contributed by atoms with van der Waals surface area (Å²) in [6, 6.07) is 7.50. The molecule has 0 saturated carbocycles. The Labute approximate surface area is 153 Å². The van der Waals surface area contributed by atoms with E-state index in [9.17, 15) is 4.79 Å². The Kier molecular flexibility index (Phi) is 4.29. The molecular formula is C17H17N5O3S. The molecule has 0 fully saturated rings. The maximum absolute atomic E-state index is 12.8. The normalized spacial score (nSPS) is 15.7. The molecule has 0 saturated heterocycles. The number of fused-ring (bicyclic) bond motifs is 1. The molecule has 1 amide bonds. The highest BCUT2D eigenvalue weighted by molar-refractivity contribution is 7.15. The number of benzene rings is 1. The summed E-state index contributed by atoms with van der Waals surface area (Å²) in [6.45, 7) is 4.63. The first-order valence-corrected chi connectivity index (χ1v) is 8.95. The van der Waals surface area contributed by atoms with Gasteiger partial charge in [0.25, 0.3) is 5.91 Å². The molecule has 2 aromatic heterocycles. The van der Waals surface area contributed by atoms with E-state index in [0.29, 0.717) is 29.5 Å². The molecule has 0 aliphatic carbocycles. The lowest BCUT2D eigenvalue weighted by atomic mass is 10.1. The van der Waals surface area contributed by atoms with Gasteiger partial charge in [0, 0.05) is 4.88 Å². The average molecular weight is 371 g/mol. The van der Waals surface area contributed by atoms with Crippen LogP contribution >= 0.6 is 11.3 Å². The van der Waals surface area contributed by atoms with E-state index in [-0.39, 0.29) is 12.0 Å². The summed E-state index contributed by atoms with van der Waals surface area (Å²) < 4.78 is 13.1. The van der Waals surface area contributed by atoms with E-state index >= 15 is 0 Å². The zero-order valence-electron chi connectivity index (χ0n) is 14.3. The van der Waals surface area contributed by atoms with E-state index in [0.717, 1.165) is 16.2 Å². The number of carbonyl (C=O) groups excluding carboxylic acids is 1. The third-order valence-corrected chi connectivity index (χ3v) is 5.41. The Morgan fingerprint density at radius 2 is 2.15 bits per heavy atom. The second kappa shape index (κ2) is 6.75. The minimum atomic E-state index is -0.245. The molecule has 134 valence electrons. The number of amides is 1.